The average molecular weight is 360 g/mol. The zero-order valence-corrected chi connectivity index (χ0v) is 15.0. The lowest BCUT2D eigenvalue weighted by Gasteiger charge is -2.17. The number of sulfonamides is 1. The van der Waals surface area contributed by atoms with Crippen molar-refractivity contribution < 1.29 is 17.9 Å². The van der Waals surface area contributed by atoms with Crippen LogP contribution in [-0.4, -0.2) is 33.7 Å². The number of carbonyl (C=O) groups excluding carboxylic acids is 1. The van der Waals surface area contributed by atoms with Crippen LogP contribution in [0.15, 0.2) is 42.5 Å². The lowest BCUT2D eigenvalue weighted by molar-refractivity contribution is 0.102. The molecule has 1 N–H and O–H groups in total. The summed E-state index contributed by atoms with van der Waals surface area (Å²) in [6.45, 7) is 2.37. The van der Waals surface area contributed by atoms with E-state index in [1.807, 2.05) is 19.1 Å². The molecule has 0 atom stereocenters. The van der Waals surface area contributed by atoms with Crippen LogP contribution in [-0.2, 0) is 10.0 Å². The van der Waals surface area contributed by atoms with Gasteiger partial charge in [-0.3, -0.25) is 9.10 Å². The van der Waals surface area contributed by atoms with E-state index in [1.54, 1.807) is 37.4 Å². The Kier molecular flexibility index (Phi) is 4.67. The fraction of sp³-hybridized carbons (Fsp3) is 0.278. The molecule has 0 radical (unpaired) electrons. The molecule has 0 spiro atoms. The number of hydrogen-bond acceptors (Lipinski definition) is 4. The van der Waals surface area contributed by atoms with Gasteiger partial charge >= 0.3 is 0 Å². The van der Waals surface area contributed by atoms with Gasteiger partial charge in [-0.25, -0.2) is 8.42 Å². The van der Waals surface area contributed by atoms with Crippen LogP contribution in [0.5, 0.6) is 5.75 Å². The number of amides is 1. The Balaban J connectivity index is 1.86. The van der Waals surface area contributed by atoms with Crippen LogP contribution < -0.4 is 14.4 Å². The maximum absolute atomic E-state index is 12.6. The summed E-state index contributed by atoms with van der Waals surface area (Å²) >= 11 is 0. The molecule has 1 amide bonds. The van der Waals surface area contributed by atoms with Gasteiger partial charge in [0.1, 0.15) is 5.75 Å². The lowest BCUT2D eigenvalue weighted by Crippen LogP contribution is -2.25. The molecule has 2 aromatic carbocycles. The van der Waals surface area contributed by atoms with E-state index < -0.39 is 10.0 Å². The average Bonchev–Trinajstić information content (AvgIpc) is 2.94. The molecule has 0 aromatic heterocycles. The van der Waals surface area contributed by atoms with Crippen molar-refractivity contribution in [1.82, 2.24) is 0 Å². The Labute approximate surface area is 147 Å². The van der Waals surface area contributed by atoms with Crippen molar-refractivity contribution in [2.75, 3.05) is 29.0 Å². The molecule has 1 heterocycles. The Morgan fingerprint density at radius 1 is 1.20 bits per heavy atom. The molecular formula is C18H20N2O4S. The maximum Gasteiger partial charge on any atom is 0.255 e. The zero-order chi connectivity index (χ0) is 18.0. The monoisotopic (exact) mass is 360 g/mol. The van der Waals surface area contributed by atoms with E-state index in [0.29, 0.717) is 35.7 Å². The summed E-state index contributed by atoms with van der Waals surface area (Å²) < 4.78 is 30.8. The van der Waals surface area contributed by atoms with Gasteiger partial charge in [-0.2, -0.15) is 0 Å². The zero-order valence-electron chi connectivity index (χ0n) is 14.2. The van der Waals surface area contributed by atoms with Gasteiger partial charge in [-0.15, -0.1) is 0 Å². The quantitative estimate of drug-likeness (QED) is 0.910. The van der Waals surface area contributed by atoms with E-state index in [9.17, 15) is 13.2 Å². The van der Waals surface area contributed by atoms with Gasteiger partial charge in [0.05, 0.1) is 24.2 Å². The molecule has 1 saturated heterocycles. The second-order valence-electron chi connectivity index (χ2n) is 5.95. The predicted molar refractivity (Wildman–Crippen MR) is 97.9 cm³/mol. The molecule has 132 valence electrons. The van der Waals surface area contributed by atoms with Gasteiger partial charge in [0.25, 0.3) is 5.91 Å². The second kappa shape index (κ2) is 6.76. The maximum atomic E-state index is 12.6. The highest BCUT2D eigenvalue weighted by Gasteiger charge is 2.28. The number of carbonyl (C=O) groups is 1. The molecule has 25 heavy (non-hydrogen) atoms. The summed E-state index contributed by atoms with van der Waals surface area (Å²) in [4.78, 5) is 12.6. The van der Waals surface area contributed by atoms with E-state index in [2.05, 4.69) is 5.32 Å². The Morgan fingerprint density at radius 3 is 2.68 bits per heavy atom. The fourth-order valence-electron chi connectivity index (χ4n) is 2.85. The summed E-state index contributed by atoms with van der Waals surface area (Å²) in [7, 11) is -1.74. The van der Waals surface area contributed by atoms with Crippen LogP contribution in [0.4, 0.5) is 11.4 Å². The lowest BCUT2D eigenvalue weighted by atomic mass is 10.1. The molecule has 0 aliphatic carbocycles. The number of rotatable bonds is 4. The van der Waals surface area contributed by atoms with Gasteiger partial charge < -0.3 is 10.1 Å². The highest BCUT2D eigenvalue weighted by Crippen LogP contribution is 2.27. The van der Waals surface area contributed by atoms with Gasteiger partial charge in [0.2, 0.25) is 10.0 Å². The smallest absolute Gasteiger partial charge is 0.255 e. The molecule has 1 aliphatic heterocycles. The summed E-state index contributed by atoms with van der Waals surface area (Å²) in [5.41, 5.74) is 2.48. The molecule has 0 bridgehead atoms. The largest absolute Gasteiger partial charge is 0.495 e. The van der Waals surface area contributed by atoms with Crippen molar-refractivity contribution in [3.63, 3.8) is 0 Å². The van der Waals surface area contributed by atoms with Crippen molar-refractivity contribution in [3.05, 3.63) is 53.6 Å². The number of nitrogens with one attached hydrogen (secondary N) is 1. The minimum atomic E-state index is -3.28. The van der Waals surface area contributed by atoms with Crippen LogP contribution in [0, 0.1) is 6.92 Å². The number of nitrogens with zero attached hydrogens (tertiary/aromatic N) is 1. The van der Waals surface area contributed by atoms with Gasteiger partial charge in [0.15, 0.2) is 0 Å². The van der Waals surface area contributed by atoms with Gasteiger partial charge in [0, 0.05) is 12.1 Å². The first kappa shape index (κ1) is 17.3. The molecule has 6 nitrogen and oxygen atoms in total. The Bertz CT molecular complexity index is 909. The molecule has 2 aromatic rings. The topological polar surface area (TPSA) is 75.7 Å². The van der Waals surface area contributed by atoms with Crippen molar-refractivity contribution in [2.24, 2.45) is 0 Å². The summed E-state index contributed by atoms with van der Waals surface area (Å²) in [5, 5.41) is 2.83. The van der Waals surface area contributed by atoms with E-state index in [0.717, 1.165) is 5.56 Å². The summed E-state index contributed by atoms with van der Waals surface area (Å²) in [5.74, 6) is 0.392. The van der Waals surface area contributed by atoms with E-state index in [1.165, 1.54) is 4.31 Å². The first-order valence-corrected chi connectivity index (χ1v) is 9.58. The molecule has 1 fully saturated rings. The van der Waals surface area contributed by atoms with Crippen LogP contribution in [0.25, 0.3) is 0 Å². The Hall–Kier alpha value is -2.54. The van der Waals surface area contributed by atoms with E-state index >= 15 is 0 Å². The van der Waals surface area contributed by atoms with Gasteiger partial charge in [-0.05, 0) is 49.2 Å². The predicted octanol–water partition coefficient (Wildman–Crippen LogP) is 2.80. The molecule has 0 saturated carbocycles. The van der Waals surface area contributed by atoms with E-state index in [4.69, 9.17) is 4.74 Å². The fourth-order valence-corrected chi connectivity index (χ4v) is 4.40. The molecule has 7 heteroatoms. The minimum Gasteiger partial charge on any atom is -0.495 e. The number of methoxy groups -OCH3 is 1. The molecule has 0 unspecified atom stereocenters. The third-order valence-corrected chi connectivity index (χ3v) is 5.97. The van der Waals surface area contributed by atoms with E-state index in [-0.39, 0.29) is 11.7 Å². The number of hydrogen-bond donors (Lipinski definition) is 1. The van der Waals surface area contributed by atoms with Gasteiger partial charge in [-0.1, -0.05) is 12.1 Å². The molecule has 1 aliphatic rings. The highest BCUT2D eigenvalue weighted by atomic mass is 32.2. The van der Waals surface area contributed by atoms with Crippen LogP contribution in [0.1, 0.15) is 22.3 Å². The summed E-state index contributed by atoms with van der Waals surface area (Å²) in [6.07, 6.45) is 0.596. The SMILES string of the molecule is COc1ccc(C)cc1NC(=O)c1cccc(N2CCCS2(=O)=O)c1. The number of anilines is 2. The van der Waals surface area contributed by atoms with Crippen molar-refractivity contribution in [2.45, 2.75) is 13.3 Å². The number of aryl methyl sites for hydroxylation is 1. The van der Waals surface area contributed by atoms with Crippen LogP contribution >= 0.6 is 0 Å². The first-order chi connectivity index (χ1) is 11.9. The summed E-state index contributed by atoms with van der Waals surface area (Å²) in [6, 6.07) is 12.2. The molecular weight excluding hydrogens is 340 g/mol. The van der Waals surface area contributed by atoms with Crippen LogP contribution in [0.2, 0.25) is 0 Å². The van der Waals surface area contributed by atoms with Crippen molar-refractivity contribution >= 4 is 27.3 Å². The van der Waals surface area contributed by atoms with Crippen molar-refractivity contribution in [1.29, 1.82) is 0 Å². The number of ether oxygens (including phenoxy) is 1. The first-order valence-electron chi connectivity index (χ1n) is 7.97. The highest BCUT2D eigenvalue weighted by molar-refractivity contribution is 7.93. The third-order valence-electron chi connectivity index (χ3n) is 4.10. The second-order valence-corrected chi connectivity index (χ2v) is 7.96. The minimum absolute atomic E-state index is 0.143. The Morgan fingerprint density at radius 2 is 2.00 bits per heavy atom. The standard InChI is InChI=1S/C18H20N2O4S/c1-13-7-8-17(24-2)16(11-13)19-18(21)14-5-3-6-15(12-14)20-9-4-10-25(20,22)23/h3,5-8,11-12H,4,9-10H2,1-2H3,(H,19,21). The van der Waals surface area contributed by atoms with Crippen LogP contribution in [0.3, 0.4) is 0 Å². The molecule has 3 rings (SSSR count). The number of benzene rings is 2. The third kappa shape index (κ3) is 3.61. The normalized spacial score (nSPS) is 15.8. The van der Waals surface area contributed by atoms with Crippen molar-refractivity contribution in [3.8, 4) is 5.75 Å².